The van der Waals surface area contributed by atoms with Crippen molar-refractivity contribution in [3.8, 4) is 0 Å². The number of likely N-dealkylation sites (N-methyl/N-ethyl adjacent to an activating group) is 1. The quantitative estimate of drug-likeness (QED) is 0.462. The fraction of sp³-hybridized carbons (Fsp3) is 0.462. The van der Waals surface area contributed by atoms with Crippen LogP contribution in [-0.4, -0.2) is 77.9 Å². The Morgan fingerprint density at radius 2 is 1.87 bits per heavy atom. The minimum absolute atomic E-state index is 0.0232. The summed E-state index contributed by atoms with van der Waals surface area (Å²) in [4.78, 5) is 61.3. The third kappa shape index (κ3) is 8.65. The van der Waals surface area contributed by atoms with Crippen molar-refractivity contribution in [2.45, 2.75) is 45.6 Å². The molecule has 38 heavy (non-hydrogen) atoms. The highest BCUT2D eigenvalue weighted by atomic mass is 16.6. The molecule has 1 fully saturated rings. The van der Waals surface area contributed by atoms with Gasteiger partial charge in [-0.25, -0.2) is 4.98 Å². The molecule has 2 N–H and O–H groups in total. The first-order chi connectivity index (χ1) is 18.1. The van der Waals surface area contributed by atoms with Crippen LogP contribution in [-0.2, 0) is 30.1 Å². The van der Waals surface area contributed by atoms with Gasteiger partial charge < -0.3 is 19.9 Å². The van der Waals surface area contributed by atoms with Crippen molar-refractivity contribution in [1.29, 1.82) is 0 Å². The summed E-state index contributed by atoms with van der Waals surface area (Å²) in [7, 11) is 0.399. The lowest BCUT2D eigenvalue weighted by molar-refractivity contribution is -0.142. The maximum absolute atomic E-state index is 13.6. The van der Waals surface area contributed by atoms with Crippen LogP contribution in [0.4, 0.5) is 0 Å². The van der Waals surface area contributed by atoms with Crippen molar-refractivity contribution >= 4 is 30.9 Å². The van der Waals surface area contributed by atoms with Crippen LogP contribution in [0.1, 0.15) is 43.2 Å². The van der Waals surface area contributed by atoms with Gasteiger partial charge in [0.25, 0.3) is 11.9 Å². The Morgan fingerprint density at radius 1 is 1.13 bits per heavy atom. The Balaban J connectivity index is 1.85. The van der Waals surface area contributed by atoms with E-state index in [2.05, 4.69) is 20.6 Å². The highest BCUT2D eigenvalue weighted by molar-refractivity contribution is 6.51. The number of hydrogen-bond donors (Lipinski definition) is 2. The lowest BCUT2D eigenvalue weighted by Gasteiger charge is -2.27. The van der Waals surface area contributed by atoms with Gasteiger partial charge in [-0.1, -0.05) is 51.1 Å². The van der Waals surface area contributed by atoms with Crippen molar-refractivity contribution in [1.82, 2.24) is 25.5 Å². The lowest BCUT2D eigenvalue weighted by Crippen LogP contribution is -2.57. The molecule has 1 aliphatic rings. The van der Waals surface area contributed by atoms with E-state index in [1.165, 1.54) is 18.6 Å². The normalized spacial score (nSPS) is 18.3. The molecule has 1 aliphatic heterocycles. The molecular formula is C26H34BN5O6. The molecule has 1 aromatic carbocycles. The lowest BCUT2D eigenvalue weighted by atomic mass is 9.73. The van der Waals surface area contributed by atoms with Crippen LogP contribution in [0.5, 0.6) is 0 Å². The number of aromatic nitrogens is 2. The molecule has 0 radical (unpaired) electrons. The molecule has 12 heteroatoms. The highest BCUT2D eigenvalue weighted by Gasteiger charge is 2.42. The summed E-state index contributed by atoms with van der Waals surface area (Å²) in [6, 6.07) is 8.23. The van der Waals surface area contributed by atoms with E-state index < -0.39 is 48.8 Å². The summed E-state index contributed by atoms with van der Waals surface area (Å²) in [6.45, 7) is 5.89. The van der Waals surface area contributed by atoms with E-state index in [4.69, 9.17) is 9.31 Å². The standard InChI is InChI=1S/C26H34BN5O6/c1-17(2)12-22(27-37-23(33)16-32(4)15-18(3)26(36)38-27)31-24(34)20(13-19-8-6-5-7-9-19)30-25(35)21-14-28-10-11-29-21/h5-11,14,17-18,20,22H,12-13,15-16H2,1-4H3,(H,30,35)(H,31,34)/t18?,20?,22-/m0/s1. The molecule has 0 bridgehead atoms. The van der Waals surface area contributed by atoms with Crippen LogP contribution in [0.25, 0.3) is 0 Å². The second-order valence-electron chi connectivity index (χ2n) is 9.94. The molecule has 2 amide bonds. The van der Waals surface area contributed by atoms with Crippen LogP contribution in [0, 0.1) is 11.8 Å². The number of carbonyl (C=O) groups excluding carboxylic acids is 4. The minimum Gasteiger partial charge on any atom is -0.498 e. The summed E-state index contributed by atoms with van der Waals surface area (Å²) in [6.07, 6.45) is 4.69. The van der Waals surface area contributed by atoms with Gasteiger partial charge >= 0.3 is 13.1 Å². The molecule has 2 unspecified atom stereocenters. The first kappa shape index (κ1) is 28.8. The number of rotatable bonds is 9. The van der Waals surface area contributed by atoms with Gasteiger partial charge in [0.05, 0.1) is 24.6 Å². The van der Waals surface area contributed by atoms with Crippen molar-refractivity contribution in [3.63, 3.8) is 0 Å². The fourth-order valence-electron chi connectivity index (χ4n) is 4.15. The molecule has 2 heterocycles. The monoisotopic (exact) mass is 523 g/mol. The van der Waals surface area contributed by atoms with Gasteiger partial charge in [-0.3, -0.25) is 29.1 Å². The Labute approximate surface area is 222 Å². The van der Waals surface area contributed by atoms with Crippen LogP contribution in [0.15, 0.2) is 48.9 Å². The average molecular weight is 523 g/mol. The highest BCUT2D eigenvalue weighted by Crippen LogP contribution is 2.15. The fourth-order valence-corrected chi connectivity index (χ4v) is 4.15. The average Bonchev–Trinajstić information content (AvgIpc) is 2.92. The Hall–Kier alpha value is -3.80. The topological polar surface area (TPSA) is 140 Å². The SMILES string of the molecule is CC(C)C[C@H](NC(=O)C(Cc1ccccc1)NC(=O)c1cnccn1)B1OC(=O)CN(C)CC(C)C(=O)O1. The maximum atomic E-state index is 13.6. The van der Waals surface area contributed by atoms with E-state index in [1.807, 2.05) is 44.2 Å². The zero-order valence-corrected chi connectivity index (χ0v) is 22.1. The number of amides is 2. The maximum Gasteiger partial charge on any atom is 0.622 e. The van der Waals surface area contributed by atoms with Crippen LogP contribution >= 0.6 is 0 Å². The molecule has 3 rings (SSSR count). The molecule has 1 aromatic heterocycles. The number of nitrogens with zero attached hydrogens (tertiary/aromatic N) is 3. The van der Waals surface area contributed by atoms with E-state index in [1.54, 1.807) is 18.9 Å². The van der Waals surface area contributed by atoms with Gasteiger partial charge in [0.2, 0.25) is 5.91 Å². The van der Waals surface area contributed by atoms with Crippen molar-refractivity contribution in [2.24, 2.45) is 11.8 Å². The first-order valence-electron chi connectivity index (χ1n) is 12.6. The predicted molar refractivity (Wildman–Crippen MR) is 139 cm³/mol. The molecule has 3 atom stereocenters. The molecule has 0 spiro atoms. The molecule has 0 saturated carbocycles. The molecule has 0 aliphatic carbocycles. The van der Waals surface area contributed by atoms with E-state index >= 15 is 0 Å². The van der Waals surface area contributed by atoms with Gasteiger partial charge in [-0.2, -0.15) is 0 Å². The number of carbonyl (C=O) groups is 4. The van der Waals surface area contributed by atoms with Crippen molar-refractivity contribution < 1.29 is 28.5 Å². The van der Waals surface area contributed by atoms with Crippen LogP contribution in [0.3, 0.4) is 0 Å². The Bertz CT molecular complexity index is 1100. The zero-order chi connectivity index (χ0) is 27.7. The third-order valence-electron chi connectivity index (χ3n) is 5.95. The van der Waals surface area contributed by atoms with Gasteiger partial charge in [0, 0.05) is 25.4 Å². The smallest absolute Gasteiger partial charge is 0.498 e. The van der Waals surface area contributed by atoms with E-state index in [0.29, 0.717) is 13.0 Å². The predicted octanol–water partition coefficient (Wildman–Crippen LogP) is 1.04. The third-order valence-corrected chi connectivity index (χ3v) is 5.95. The molecular weight excluding hydrogens is 489 g/mol. The second-order valence-corrected chi connectivity index (χ2v) is 9.94. The molecule has 1 saturated heterocycles. The summed E-state index contributed by atoms with van der Waals surface area (Å²) in [5.41, 5.74) is 0.888. The van der Waals surface area contributed by atoms with E-state index in [-0.39, 0.29) is 24.6 Å². The van der Waals surface area contributed by atoms with E-state index in [0.717, 1.165) is 5.56 Å². The van der Waals surface area contributed by atoms with Gasteiger partial charge in [-0.05, 0) is 24.9 Å². The summed E-state index contributed by atoms with van der Waals surface area (Å²) in [5, 5.41) is 5.60. The zero-order valence-electron chi connectivity index (χ0n) is 22.1. The van der Waals surface area contributed by atoms with Crippen LogP contribution < -0.4 is 10.6 Å². The van der Waals surface area contributed by atoms with Gasteiger partial charge in [-0.15, -0.1) is 0 Å². The molecule has 11 nitrogen and oxygen atoms in total. The molecule has 2 aromatic rings. The summed E-state index contributed by atoms with van der Waals surface area (Å²) in [5.74, 6) is -3.45. The Morgan fingerprint density at radius 3 is 2.53 bits per heavy atom. The summed E-state index contributed by atoms with van der Waals surface area (Å²) >= 11 is 0. The summed E-state index contributed by atoms with van der Waals surface area (Å²) < 4.78 is 11.1. The minimum atomic E-state index is -1.32. The largest absolute Gasteiger partial charge is 0.622 e. The number of hydrogen-bond acceptors (Lipinski definition) is 9. The molecule has 202 valence electrons. The Kier molecular flexibility index (Phi) is 10.3. The number of benzene rings is 1. The van der Waals surface area contributed by atoms with E-state index in [9.17, 15) is 19.2 Å². The second kappa shape index (κ2) is 13.7. The van der Waals surface area contributed by atoms with Gasteiger partial charge in [0.1, 0.15) is 11.7 Å². The van der Waals surface area contributed by atoms with Gasteiger partial charge in [0.15, 0.2) is 0 Å². The van der Waals surface area contributed by atoms with Crippen molar-refractivity contribution in [3.05, 3.63) is 60.2 Å². The van der Waals surface area contributed by atoms with Crippen LogP contribution in [0.2, 0.25) is 0 Å². The number of nitrogens with one attached hydrogen (secondary N) is 2. The first-order valence-corrected chi connectivity index (χ1v) is 12.6. The van der Waals surface area contributed by atoms with Crippen molar-refractivity contribution in [2.75, 3.05) is 20.1 Å².